The van der Waals surface area contributed by atoms with E-state index in [9.17, 15) is 14.0 Å². The van der Waals surface area contributed by atoms with E-state index in [1.54, 1.807) is 84.5 Å². The molecule has 0 unspecified atom stereocenters. The van der Waals surface area contributed by atoms with E-state index in [0.29, 0.717) is 39.7 Å². The molecule has 0 spiro atoms. The van der Waals surface area contributed by atoms with E-state index in [1.807, 2.05) is 0 Å². The maximum Gasteiger partial charge on any atom is 0.251 e. The Morgan fingerprint density at radius 3 is 2.18 bits per heavy atom. The second kappa shape index (κ2) is 9.35. The first-order chi connectivity index (χ1) is 15.9. The normalized spacial score (nSPS) is 10.6. The molecule has 7 nitrogen and oxygen atoms in total. The predicted molar refractivity (Wildman–Crippen MR) is 121 cm³/mol. The largest absolute Gasteiger partial charge is 0.457 e. The Labute approximate surface area is 189 Å². The molecule has 8 heteroatoms. The molecule has 0 atom stereocenters. The number of aromatic nitrogens is 2. The van der Waals surface area contributed by atoms with E-state index in [4.69, 9.17) is 10.5 Å². The van der Waals surface area contributed by atoms with Gasteiger partial charge in [0.05, 0.1) is 5.69 Å². The van der Waals surface area contributed by atoms with Gasteiger partial charge in [-0.2, -0.15) is 0 Å². The highest BCUT2D eigenvalue weighted by Gasteiger charge is 2.10. The first-order valence-electron chi connectivity index (χ1n) is 10.2. The second-order valence-electron chi connectivity index (χ2n) is 7.33. The molecular formula is C25H21FN4O3. The number of nitrogens with two attached hydrogens (primary N) is 1. The minimum atomic E-state index is -0.510. The first-order valence-corrected chi connectivity index (χ1v) is 10.2. The van der Waals surface area contributed by atoms with Crippen LogP contribution in [0.3, 0.4) is 0 Å². The van der Waals surface area contributed by atoms with Gasteiger partial charge in [0.15, 0.2) is 0 Å². The Hall–Kier alpha value is -4.46. The number of aryl methyl sites for hydroxylation is 1. The number of nitrogens with one attached hydrogen (secondary N) is 1. The Balaban J connectivity index is 1.35. The van der Waals surface area contributed by atoms with Gasteiger partial charge in [-0.1, -0.05) is 6.07 Å². The molecule has 0 aliphatic rings. The monoisotopic (exact) mass is 444 g/mol. The molecule has 1 aromatic heterocycles. The third-order valence-electron chi connectivity index (χ3n) is 5.04. The van der Waals surface area contributed by atoms with Crippen molar-refractivity contribution in [3.8, 4) is 17.2 Å². The summed E-state index contributed by atoms with van der Waals surface area (Å²) in [6, 6.07) is 17.8. The van der Waals surface area contributed by atoms with Crippen molar-refractivity contribution in [1.29, 1.82) is 0 Å². The van der Waals surface area contributed by atoms with Gasteiger partial charge in [0.1, 0.15) is 23.1 Å². The lowest BCUT2D eigenvalue weighted by Crippen LogP contribution is -2.22. The second-order valence-corrected chi connectivity index (χ2v) is 7.33. The fourth-order valence-corrected chi connectivity index (χ4v) is 3.27. The Bertz CT molecular complexity index is 1300. The summed E-state index contributed by atoms with van der Waals surface area (Å²) in [4.78, 5) is 27.7. The maximum atomic E-state index is 14.5. The van der Waals surface area contributed by atoms with E-state index in [2.05, 4.69) is 10.3 Å². The number of ether oxygens (including phenoxy) is 1. The van der Waals surface area contributed by atoms with Crippen molar-refractivity contribution in [3.05, 3.63) is 107 Å². The molecule has 0 bridgehead atoms. The van der Waals surface area contributed by atoms with Crippen molar-refractivity contribution >= 4 is 11.8 Å². The molecule has 0 radical (unpaired) electrons. The SMILES string of the molecule is Cc1nccn1-c1ccc(CNC(=O)c2ccc(Oc3ccc(C(N)=O)cc3)cc2)cc1F. The molecule has 1 heterocycles. The van der Waals surface area contributed by atoms with E-state index >= 15 is 0 Å². The van der Waals surface area contributed by atoms with Crippen molar-refractivity contribution in [2.24, 2.45) is 5.73 Å². The number of carbonyl (C=O) groups is 2. The number of benzene rings is 3. The molecule has 3 aromatic carbocycles. The maximum absolute atomic E-state index is 14.5. The number of primary amides is 1. The van der Waals surface area contributed by atoms with Gasteiger partial charge in [0, 0.05) is 30.1 Å². The van der Waals surface area contributed by atoms with Crippen LogP contribution in [-0.2, 0) is 6.54 Å². The van der Waals surface area contributed by atoms with E-state index in [0.717, 1.165) is 0 Å². The van der Waals surface area contributed by atoms with Gasteiger partial charge in [-0.05, 0) is 73.2 Å². The fourth-order valence-electron chi connectivity index (χ4n) is 3.27. The van der Waals surface area contributed by atoms with Crippen molar-refractivity contribution in [2.75, 3.05) is 0 Å². The lowest BCUT2D eigenvalue weighted by molar-refractivity contribution is 0.0949. The molecule has 0 saturated heterocycles. The predicted octanol–water partition coefficient (Wildman–Crippen LogP) is 4.14. The molecule has 33 heavy (non-hydrogen) atoms. The molecule has 3 N–H and O–H groups in total. The highest BCUT2D eigenvalue weighted by atomic mass is 19.1. The molecule has 0 aliphatic carbocycles. The molecule has 0 saturated carbocycles. The number of hydrogen-bond donors (Lipinski definition) is 2. The van der Waals surface area contributed by atoms with Crippen LogP contribution >= 0.6 is 0 Å². The third kappa shape index (κ3) is 5.07. The van der Waals surface area contributed by atoms with Crippen LogP contribution in [0.5, 0.6) is 11.5 Å². The summed E-state index contributed by atoms with van der Waals surface area (Å²) in [5.74, 6) is 0.559. The zero-order valence-electron chi connectivity index (χ0n) is 17.8. The van der Waals surface area contributed by atoms with Gasteiger partial charge in [0.2, 0.25) is 5.91 Å². The number of nitrogens with zero attached hydrogens (tertiary/aromatic N) is 2. The molecule has 4 aromatic rings. The zero-order valence-corrected chi connectivity index (χ0v) is 17.8. The Kier molecular flexibility index (Phi) is 6.17. The van der Waals surface area contributed by atoms with Crippen LogP contribution in [0.25, 0.3) is 5.69 Å². The standard InChI is InChI=1S/C25H21FN4O3/c1-16-28-12-13-30(16)23-11-2-17(14-22(23)26)15-29-25(32)19-5-9-21(10-6-19)33-20-7-3-18(4-8-20)24(27)31/h2-14H,15H2,1H3,(H2,27,31)(H,29,32). The van der Waals surface area contributed by atoms with Crippen LogP contribution in [0.15, 0.2) is 79.1 Å². The number of imidazole rings is 1. The van der Waals surface area contributed by atoms with Crippen LogP contribution in [0.2, 0.25) is 0 Å². The number of hydrogen-bond acceptors (Lipinski definition) is 4. The van der Waals surface area contributed by atoms with Crippen LogP contribution in [0.1, 0.15) is 32.1 Å². The van der Waals surface area contributed by atoms with Crippen LogP contribution in [0, 0.1) is 12.7 Å². The summed E-state index contributed by atoms with van der Waals surface area (Å²) in [7, 11) is 0. The van der Waals surface area contributed by atoms with Crippen molar-refractivity contribution in [3.63, 3.8) is 0 Å². The van der Waals surface area contributed by atoms with Crippen molar-refractivity contribution in [1.82, 2.24) is 14.9 Å². The lowest BCUT2D eigenvalue weighted by Gasteiger charge is -2.10. The number of carbonyl (C=O) groups excluding carboxylic acids is 2. The van der Waals surface area contributed by atoms with Crippen LogP contribution < -0.4 is 15.8 Å². The highest BCUT2D eigenvalue weighted by molar-refractivity contribution is 5.94. The summed E-state index contributed by atoms with van der Waals surface area (Å²) >= 11 is 0. The van der Waals surface area contributed by atoms with Gasteiger partial charge in [0.25, 0.3) is 5.91 Å². The average molecular weight is 444 g/mol. The Morgan fingerprint density at radius 1 is 1.00 bits per heavy atom. The summed E-state index contributed by atoms with van der Waals surface area (Å²) in [5.41, 5.74) is 7.10. The molecule has 0 aliphatic heterocycles. The molecule has 166 valence electrons. The van der Waals surface area contributed by atoms with Crippen molar-refractivity contribution in [2.45, 2.75) is 13.5 Å². The first kappa shape index (κ1) is 21.8. The van der Waals surface area contributed by atoms with Gasteiger partial charge in [-0.3, -0.25) is 9.59 Å². The van der Waals surface area contributed by atoms with Crippen LogP contribution in [-0.4, -0.2) is 21.4 Å². The van der Waals surface area contributed by atoms with Gasteiger partial charge in [-0.15, -0.1) is 0 Å². The van der Waals surface area contributed by atoms with Gasteiger partial charge >= 0.3 is 0 Å². The molecule has 2 amide bonds. The number of amides is 2. The van der Waals surface area contributed by atoms with Crippen molar-refractivity contribution < 1.29 is 18.7 Å². The highest BCUT2D eigenvalue weighted by Crippen LogP contribution is 2.22. The minimum absolute atomic E-state index is 0.184. The van der Waals surface area contributed by atoms with Gasteiger partial charge in [-0.25, -0.2) is 9.37 Å². The number of rotatable bonds is 7. The summed E-state index contributed by atoms with van der Waals surface area (Å²) < 4.78 is 21.9. The summed E-state index contributed by atoms with van der Waals surface area (Å²) in [6.45, 7) is 1.98. The molecule has 4 rings (SSSR count). The average Bonchev–Trinajstić information content (AvgIpc) is 3.24. The third-order valence-corrected chi connectivity index (χ3v) is 5.04. The van der Waals surface area contributed by atoms with E-state index < -0.39 is 11.7 Å². The van der Waals surface area contributed by atoms with E-state index in [-0.39, 0.29) is 12.5 Å². The zero-order chi connectivity index (χ0) is 23.4. The Morgan fingerprint density at radius 2 is 1.64 bits per heavy atom. The smallest absolute Gasteiger partial charge is 0.251 e. The fraction of sp³-hybridized carbons (Fsp3) is 0.0800. The lowest BCUT2D eigenvalue weighted by atomic mass is 10.1. The molecular weight excluding hydrogens is 423 g/mol. The topological polar surface area (TPSA) is 99.2 Å². The quantitative estimate of drug-likeness (QED) is 0.447. The summed E-state index contributed by atoms with van der Waals surface area (Å²) in [6.07, 6.45) is 3.30. The minimum Gasteiger partial charge on any atom is -0.457 e. The van der Waals surface area contributed by atoms with Gasteiger partial charge < -0.3 is 20.4 Å². The number of halogens is 1. The van der Waals surface area contributed by atoms with Crippen LogP contribution in [0.4, 0.5) is 4.39 Å². The van der Waals surface area contributed by atoms with E-state index in [1.165, 1.54) is 6.07 Å². The summed E-state index contributed by atoms with van der Waals surface area (Å²) in [5, 5.41) is 2.78. The molecule has 0 fully saturated rings.